The van der Waals surface area contributed by atoms with Crippen molar-refractivity contribution >= 4 is 18.3 Å². The minimum Gasteiger partial charge on any atom is -0.339 e. The van der Waals surface area contributed by atoms with Crippen LogP contribution in [-0.2, 0) is 4.79 Å². The van der Waals surface area contributed by atoms with Crippen LogP contribution in [0.3, 0.4) is 0 Å². The molecule has 4 nitrogen and oxygen atoms in total. The molecule has 2 aliphatic heterocycles. The molecule has 2 rings (SSSR count). The maximum atomic E-state index is 12.6. The van der Waals surface area contributed by atoms with E-state index in [1.165, 1.54) is 38.5 Å². The van der Waals surface area contributed by atoms with Gasteiger partial charge in [0.05, 0.1) is 6.54 Å². The van der Waals surface area contributed by atoms with Crippen molar-refractivity contribution in [1.82, 2.24) is 15.1 Å². The summed E-state index contributed by atoms with van der Waals surface area (Å²) in [6.45, 7) is 5.99. The van der Waals surface area contributed by atoms with Gasteiger partial charge in [0.1, 0.15) is 0 Å². The molecule has 0 spiro atoms. The molecule has 0 aromatic rings. The molecule has 2 fully saturated rings. The molecule has 2 unspecified atom stereocenters. The van der Waals surface area contributed by atoms with Gasteiger partial charge in [0.15, 0.2) is 0 Å². The van der Waals surface area contributed by atoms with Crippen molar-refractivity contribution in [3.63, 3.8) is 0 Å². The molecule has 1 N–H and O–H groups in total. The third kappa shape index (κ3) is 5.42. The summed E-state index contributed by atoms with van der Waals surface area (Å²) in [6.07, 6.45) is 8.37. The number of rotatable bonds is 4. The Morgan fingerprint density at radius 3 is 2.76 bits per heavy atom. The first-order valence-electron chi connectivity index (χ1n) is 8.42. The van der Waals surface area contributed by atoms with Crippen molar-refractivity contribution in [2.24, 2.45) is 0 Å². The number of carbonyl (C=O) groups is 1. The lowest BCUT2D eigenvalue weighted by Gasteiger charge is -2.37. The first-order valence-corrected chi connectivity index (χ1v) is 8.42. The van der Waals surface area contributed by atoms with Crippen molar-refractivity contribution in [1.29, 1.82) is 0 Å². The van der Waals surface area contributed by atoms with E-state index in [9.17, 15) is 4.79 Å². The van der Waals surface area contributed by atoms with Gasteiger partial charge in [-0.3, -0.25) is 9.69 Å². The van der Waals surface area contributed by atoms with Crippen LogP contribution in [0.1, 0.15) is 51.9 Å². The molecule has 2 heterocycles. The van der Waals surface area contributed by atoms with Crippen molar-refractivity contribution < 1.29 is 4.79 Å². The highest BCUT2D eigenvalue weighted by molar-refractivity contribution is 5.85. The van der Waals surface area contributed by atoms with Gasteiger partial charge in [0, 0.05) is 18.6 Å². The molecule has 0 radical (unpaired) electrons. The number of hydrogen-bond donors (Lipinski definition) is 1. The summed E-state index contributed by atoms with van der Waals surface area (Å²) in [5, 5.41) is 3.44. The minimum absolute atomic E-state index is 0. The second-order valence-corrected chi connectivity index (χ2v) is 6.39. The van der Waals surface area contributed by atoms with Gasteiger partial charge in [-0.1, -0.05) is 6.92 Å². The van der Waals surface area contributed by atoms with Crippen molar-refractivity contribution in [2.75, 3.05) is 33.2 Å². The summed E-state index contributed by atoms with van der Waals surface area (Å²) in [7, 11) is 2.12. The number of nitrogens with one attached hydrogen (secondary N) is 1. The van der Waals surface area contributed by atoms with Crippen LogP contribution in [-0.4, -0.2) is 61.0 Å². The maximum Gasteiger partial charge on any atom is 0.236 e. The van der Waals surface area contributed by atoms with E-state index >= 15 is 0 Å². The normalized spacial score (nSPS) is 27.1. The second kappa shape index (κ2) is 9.65. The smallest absolute Gasteiger partial charge is 0.236 e. The Labute approximate surface area is 136 Å². The number of likely N-dealkylation sites (tertiary alicyclic amines) is 1. The highest BCUT2D eigenvalue weighted by atomic mass is 35.5. The molecule has 0 aliphatic carbocycles. The molecular formula is C16H32ClN3O. The highest BCUT2D eigenvalue weighted by Gasteiger charge is 2.27. The van der Waals surface area contributed by atoms with Gasteiger partial charge in [-0.15, -0.1) is 12.4 Å². The third-order valence-electron chi connectivity index (χ3n) is 4.97. The number of nitrogens with zero attached hydrogens (tertiary/aromatic N) is 2. The Morgan fingerprint density at radius 1 is 1.19 bits per heavy atom. The number of halogens is 1. The predicted octanol–water partition coefficient (Wildman–Crippen LogP) is 2.27. The van der Waals surface area contributed by atoms with Crippen LogP contribution in [0.15, 0.2) is 0 Å². The molecule has 5 heteroatoms. The molecule has 2 aliphatic rings. The molecule has 21 heavy (non-hydrogen) atoms. The molecule has 1 amide bonds. The predicted molar refractivity (Wildman–Crippen MR) is 90.0 cm³/mol. The molecule has 0 bridgehead atoms. The van der Waals surface area contributed by atoms with Crippen LogP contribution in [0, 0.1) is 0 Å². The quantitative estimate of drug-likeness (QED) is 0.864. The molecule has 124 valence electrons. The van der Waals surface area contributed by atoms with Gasteiger partial charge in [0.25, 0.3) is 0 Å². The zero-order chi connectivity index (χ0) is 14.4. The topological polar surface area (TPSA) is 35.6 Å². The van der Waals surface area contributed by atoms with Gasteiger partial charge < -0.3 is 10.2 Å². The van der Waals surface area contributed by atoms with Crippen molar-refractivity contribution in [3.8, 4) is 0 Å². The average Bonchev–Trinajstić information content (AvgIpc) is 2.76. The fourth-order valence-electron chi connectivity index (χ4n) is 3.63. The number of hydrogen-bond acceptors (Lipinski definition) is 3. The Hall–Kier alpha value is -0.320. The lowest BCUT2D eigenvalue weighted by atomic mass is 10.00. The zero-order valence-electron chi connectivity index (χ0n) is 13.6. The molecule has 2 saturated heterocycles. The van der Waals surface area contributed by atoms with E-state index in [1.54, 1.807) is 0 Å². The fraction of sp³-hybridized carbons (Fsp3) is 0.938. The summed E-state index contributed by atoms with van der Waals surface area (Å²) in [5.41, 5.74) is 0. The summed E-state index contributed by atoms with van der Waals surface area (Å²) in [6, 6.07) is 1.05. The molecule has 0 saturated carbocycles. The Kier molecular flexibility index (Phi) is 8.60. The highest BCUT2D eigenvalue weighted by Crippen LogP contribution is 2.20. The SMILES string of the molecule is CCC1CCCCN1C(=O)CN(C)C1CCCNCC1.Cl. The van der Waals surface area contributed by atoms with Gasteiger partial charge in [-0.25, -0.2) is 0 Å². The molecule has 0 aromatic carbocycles. The van der Waals surface area contributed by atoms with Crippen LogP contribution in [0.5, 0.6) is 0 Å². The van der Waals surface area contributed by atoms with Gasteiger partial charge in [-0.05, 0) is 65.1 Å². The number of likely N-dealkylation sites (N-methyl/N-ethyl adjacent to an activating group) is 1. The Bertz CT molecular complexity index is 306. The van der Waals surface area contributed by atoms with E-state index in [2.05, 4.69) is 29.1 Å². The van der Waals surface area contributed by atoms with E-state index in [0.29, 0.717) is 24.5 Å². The zero-order valence-corrected chi connectivity index (χ0v) is 14.5. The summed E-state index contributed by atoms with van der Waals surface area (Å²) < 4.78 is 0. The van der Waals surface area contributed by atoms with Crippen LogP contribution < -0.4 is 5.32 Å². The van der Waals surface area contributed by atoms with Gasteiger partial charge in [-0.2, -0.15) is 0 Å². The first kappa shape index (κ1) is 18.7. The molecular weight excluding hydrogens is 286 g/mol. The lowest BCUT2D eigenvalue weighted by molar-refractivity contribution is -0.136. The summed E-state index contributed by atoms with van der Waals surface area (Å²) >= 11 is 0. The van der Waals surface area contributed by atoms with Crippen LogP contribution in [0.2, 0.25) is 0 Å². The summed E-state index contributed by atoms with van der Waals surface area (Å²) in [4.78, 5) is 17.0. The van der Waals surface area contributed by atoms with E-state index in [0.717, 1.165) is 26.1 Å². The minimum atomic E-state index is 0. The van der Waals surface area contributed by atoms with Gasteiger partial charge in [0.2, 0.25) is 5.91 Å². The number of piperidine rings is 1. The third-order valence-corrected chi connectivity index (χ3v) is 4.97. The average molecular weight is 318 g/mol. The van der Waals surface area contributed by atoms with E-state index in [4.69, 9.17) is 0 Å². The number of carbonyl (C=O) groups excluding carboxylic acids is 1. The van der Waals surface area contributed by atoms with E-state index in [1.807, 2.05) is 0 Å². The Morgan fingerprint density at radius 2 is 2.00 bits per heavy atom. The van der Waals surface area contributed by atoms with Crippen LogP contribution in [0.25, 0.3) is 0 Å². The van der Waals surface area contributed by atoms with Crippen molar-refractivity contribution in [2.45, 2.75) is 64.0 Å². The van der Waals surface area contributed by atoms with Crippen molar-refractivity contribution in [3.05, 3.63) is 0 Å². The largest absolute Gasteiger partial charge is 0.339 e. The standard InChI is InChI=1S/C16H31N3O.ClH/c1-3-14-7-4-5-12-19(14)16(20)13-18(2)15-8-6-10-17-11-9-15;/h14-15,17H,3-13H2,1-2H3;1H. The molecule has 2 atom stereocenters. The lowest BCUT2D eigenvalue weighted by Crippen LogP contribution is -2.48. The monoisotopic (exact) mass is 317 g/mol. The summed E-state index contributed by atoms with van der Waals surface area (Å²) in [5.74, 6) is 0.344. The van der Waals surface area contributed by atoms with Crippen LogP contribution in [0.4, 0.5) is 0 Å². The fourth-order valence-corrected chi connectivity index (χ4v) is 3.63. The second-order valence-electron chi connectivity index (χ2n) is 6.39. The maximum absolute atomic E-state index is 12.6. The first-order chi connectivity index (χ1) is 9.72. The molecule has 0 aromatic heterocycles. The Balaban J connectivity index is 0.00000220. The number of amides is 1. The van der Waals surface area contributed by atoms with E-state index in [-0.39, 0.29) is 12.4 Å². The van der Waals surface area contributed by atoms with Crippen LogP contribution >= 0.6 is 12.4 Å². The van der Waals surface area contributed by atoms with E-state index < -0.39 is 0 Å². The van der Waals surface area contributed by atoms with Gasteiger partial charge >= 0.3 is 0 Å².